The molecule has 0 saturated carbocycles. The molecule has 0 bridgehead atoms. The van der Waals surface area contributed by atoms with E-state index >= 15 is 0 Å². The molecule has 0 aliphatic heterocycles. The van der Waals surface area contributed by atoms with Crippen molar-refractivity contribution in [2.75, 3.05) is 7.11 Å². The summed E-state index contributed by atoms with van der Waals surface area (Å²) >= 11 is 2.03. The van der Waals surface area contributed by atoms with Crippen LogP contribution in [0.15, 0.2) is 51.9 Å². The number of benzene rings is 2. The average molecular weight is 485 g/mol. The fourth-order valence-corrected chi connectivity index (χ4v) is 14.0. The van der Waals surface area contributed by atoms with Crippen LogP contribution in [0.3, 0.4) is 0 Å². The molecule has 33 heavy (non-hydrogen) atoms. The number of methoxy groups -OCH3 is 1. The van der Waals surface area contributed by atoms with E-state index in [9.17, 15) is 0 Å². The predicted octanol–water partition coefficient (Wildman–Crippen LogP) is 7.90. The van der Waals surface area contributed by atoms with E-state index in [-0.39, 0.29) is 0 Å². The molecule has 1 aromatic heterocycles. The van der Waals surface area contributed by atoms with Crippen molar-refractivity contribution in [2.24, 2.45) is 0 Å². The second kappa shape index (κ2) is 10.8. The van der Waals surface area contributed by atoms with Crippen molar-refractivity contribution in [1.82, 2.24) is 10.1 Å². The van der Waals surface area contributed by atoms with Gasteiger partial charge in [-0.2, -0.15) is 4.98 Å². The van der Waals surface area contributed by atoms with Crippen molar-refractivity contribution in [1.29, 1.82) is 0 Å². The molecule has 1 heterocycles. The van der Waals surface area contributed by atoms with E-state index in [0.29, 0.717) is 34.9 Å². The molecule has 0 amide bonds. The fraction of sp³-hybridized carbons (Fsp3) is 0.462. The highest BCUT2D eigenvalue weighted by atomic mass is 32.4. The number of hydrogen-bond acceptors (Lipinski definition) is 6. The van der Waals surface area contributed by atoms with Crippen LogP contribution in [0.2, 0.25) is 16.6 Å². The monoisotopic (exact) mass is 484 g/mol. The number of ether oxygens (including phenoxy) is 2. The van der Waals surface area contributed by atoms with Crippen LogP contribution in [0.1, 0.15) is 53.0 Å². The molecule has 0 atom stereocenters. The Morgan fingerprint density at radius 1 is 0.939 bits per heavy atom. The van der Waals surface area contributed by atoms with E-state index < -0.39 is 7.22 Å². The van der Waals surface area contributed by atoms with Gasteiger partial charge in [-0.05, 0) is 34.3 Å². The minimum atomic E-state index is -1.79. The highest BCUT2D eigenvalue weighted by Crippen LogP contribution is 2.54. The number of aryl methyl sites for hydroxylation is 1. The van der Waals surface area contributed by atoms with Crippen molar-refractivity contribution in [3.8, 4) is 22.9 Å². The second-order valence-electron chi connectivity index (χ2n) is 9.33. The minimum absolute atomic E-state index is 0.461. The van der Waals surface area contributed by atoms with Crippen LogP contribution >= 0.6 is 11.2 Å². The van der Waals surface area contributed by atoms with Gasteiger partial charge in [-0.3, -0.25) is 0 Å². The Balaban J connectivity index is 2.10. The molecule has 3 rings (SSSR count). The van der Waals surface area contributed by atoms with Crippen LogP contribution in [0, 0.1) is 6.92 Å². The predicted molar refractivity (Wildman–Crippen MR) is 139 cm³/mol. The van der Waals surface area contributed by atoms with Gasteiger partial charge < -0.3 is 14.0 Å². The molecule has 3 aromatic rings. The van der Waals surface area contributed by atoms with E-state index in [0.717, 1.165) is 27.5 Å². The van der Waals surface area contributed by atoms with Crippen LogP contribution in [-0.2, 0) is 6.61 Å². The maximum absolute atomic E-state index is 6.35. The maximum Gasteiger partial charge on any atom is 0.223 e. The highest BCUT2D eigenvalue weighted by molar-refractivity contribution is 8.29. The molecule has 0 aliphatic rings. The van der Waals surface area contributed by atoms with Crippen molar-refractivity contribution in [3.63, 3.8) is 0 Å². The van der Waals surface area contributed by atoms with Crippen LogP contribution in [0.4, 0.5) is 0 Å². The Morgan fingerprint density at radius 2 is 1.58 bits per heavy atom. The molecule has 0 spiro atoms. The van der Waals surface area contributed by atoms with Gasteiger partial charge in [0.2, 0.25) is 11.7 Å². The SMILES string of the molecule is COc1cc(-c2noc(C)n2)c(OCc2ccccc2)cc1S[Si](C(C)C)(C(C)C)C(C)C. The summed E-state index contributed by atoms with van der Waals surface area (Å²) in [6, 6.07) is 14.3. The number of nitrogens with zero attached hydrogens (tertiary/aromatic N) is 2. The first-order valence-corrected chi connectivity index (χ1v) is 15.3. The zero-order chi connectivity index (χ0) is 24.2. The molecule has 0 fully saturated rings. The summed E-state index contributed by atoms with van der Waals surface area (Å²) in [5.74, 6) is 2.58. The summed E-state index contributed by atoms with van der Waals surface area (Å²) in [6.07, 6.45) is 0. The Hall–Kier alpha value is -2.25. The van der Waals surface area contributed by atoms with Gasteiger partial charge in [-0.25, -0.2) is 0 Å². The van der Waals surface area contributed by atoms with E-state index in [4.69, 9.17) is 14.0 Å². The lowest BCUT2D eigenvalue weighted by Gasteiger charge is -2.42. The van der Waals surface area contributed by atoms with Gasteiger partial charge in [0.15, 0.2) is 0 Å². The number of aromatic nitrogens is 2. The van der Waals surface area contributed by atoms with Crippen LogP contribution in [0.5, 0.6) is 11.5 Å². The van der Waals surface area contributed by atoms with Gasteiger partial charge >= 0.3 is 0 Å². The smallest absolute Gasteiger partial charge is 0.223 e. The molecular weight excluding hydrogens is 448 g/mol. The van der Waals surface area contributed by atoms with Crippen molar-refractivity contribution >= 4 is 18.4 Å². The molecule has 0 N–H and O–H groups in total. The van der Waals surface area contributed by atoms with E-state index in [2.05, 4.69) is 69.9 Å². The molecule has 178 valence electrons. The molecular formula is C26H36N2O3SSi. The summed E-state index contributed by atoms with van der Waals surface area (Å²) in [5, 5.41) is 4.15. The normalized spacial score (nSPS) is 12.1. The fourth-order valence-electron chi connectivity index (χ4n) is 4.76. The third kappa shape index (κ3) is 5.46. The van der Waals surface area contributed by atoms with Crippen LogP contribution in [0.25, 0.3) is 11.4 Å². The summed E-state index contributed by atoms with van der Waals surface area (Å²) in [4.78, 5) is 5.57. The van der Waals surface area contributed by atoms with E-state index in [1.54, 1.807) is 14.0 Å². The number of hydrogen-bond donors (Lipinski definition) is 0. The van der Waals surface area contributed by atoms with Crippen LogP contribution in [-0.4, -0.2) is 24.5 Å². The molecule has 7 heteroatoms. The first kappa shape index (κ1) is 25.4. The van der Waals surface area contributed by atoms with Crippen LogP contribution < -0.4 is 9.47 Å². The zero-order valence-corrected chi connectivity index (χ0v) is 22.8. The quantitative estimate of drug-likeness (QED) is 0.273. The van der Waals surface area contributed by atoms with E-state index in [1.807, 2.05) is 35.5 Å². The average Bonchev–Trinajstić information content (AvgIpc) is 3.21. The molecule has 0 radical (unpaired) electrons. The van der Waals surface area contributed by atoms with Gasteiger partial charge in [0.05, 0.1) is 12.7 Å². The molecule has 5 nitrogen and oxygen atoms in total. The lowest BCUT2D eigenvalue weighted by Crippen LogP contribution is -2.41. The third-order valence-electron chi connectivity index (χ3n) is 6.27. The Bertz CT molecular complexity index is 1030. The van der Waals surface area contributed by atoms with Crippen molar-refractivity contribution < 1.29 is 14.0 Å². The van der Waals surface area contributed by atoms with Crippen molar-refractivity contribution in [3.05, 3.63) is 53.9 Å². The van der Waals surface area contributed by atoms with E-state index in [1.165, 1.54) is 0 Å². The van der Waals surface area contributed by atoms with Crippen molar-refractivity contribution in [2.45, 2.75) is 76.6 Å². The zero-order valence-electron chi connectivity index (χ0n) is 21.0. The lowest BCUT2D eigenvalue weighted by atomic mass is 10.1. The maximum atomic E-state index is 6.35. The Kier molecular flexibility index (Phi) is 8.29. The van der Waals surface area contributed by atoms with Gasteiger partial charge in [-0.1, -0.05) is 77.0 Å². The summed E-state index contributed by atoms with van der Waals surface area (Å²) < 4.78 is 17.5. The summed E-state index contributed by atoms with van der Waals surface area (Å²) in [5.41, 5.74) is 3.71. The largest absolute Gasteiger partial charge is 0.496 e. The first-order valence-electron chi connectivity index (χ1n) is 11.6. The van der Waals surface area contributed by atoms with Gasteiger partial charge in [0, 0.05) is 11.8 Å². The molecule has 0 aliphatic carbocycles. The summed E-state index contributed by atoms with van der Waals surface area (Å²) in [6.45, 7) is 16.5. The third-order valence-corrected chi connectivity index (χ3v) is 18.5. The highest BCUT2D eigenvalue weighted by Gasteiger charge is 2.44. The minimum Gasteiger partial charge on any atom is -0.496 e. The first-order chi connectivity index (χ1) is 15.7. The molecule has 0 saturated heterocycles. The van der Waals surface area contributed by atoms with Gasteiger partial charge in [0.25, 0.3) is 0 Å². The lowest BCUT2D eigenvalue weighted by molar-refractivity contribution is 0.305. The standard InChI is InChI=1S/C26H36N2O3SSi/c1-17(2)33(18(3)4,19(5)6)32-25-15-23(30-16-21-12-10-9-11-13-21)22(14-24(25)29-8)26-27-20(7)31-28-26/h9-15,17-19H,16H2,1-8H3. The number of rotatable bonds is 10. The van der Waals surface area contributed by atoms with Gasteiger partial charge in [0.1, 0.15) is 25.3 Å². The second-order valence-corrected chi connectivity index (χ2v) is 17.9. The molecule has 0 unspecified atom stereocenters. The Morgan fingerprint density at radius 3 is 2.09 bits per heavy atom. The van der Waals surface area contributed by atoms with Gasteiger partial charge in [-0.15, -0.1) is 11.2 Å². The molecule has 2 aromatic carbocycles. The Labute approximate surface area is 202 Å². The summed E-state index contributed by atoms with van der Waals surface area (Å²) in [7, 11) is -0.0663. The topological polar surface area (TPSA) is 57.4 Å².